The van der Waals surface area contributed by atoms with E-state index in [2.05, 4.69) is 11.8 Å². The highest BCUT2D eigenvalue weighted by molar-refractivity contribution is 5.72. The van der Waals surface area contributed by atoms with Crippen LogP contribution in [0.1, 0.15) is 25.5 Å². The molecule has 0 spiro atoms. The molecule has 0 saturated carbocycles. The van der Waals surface area contributed by atoms with Crippen molar-refractivity contribution in [2.75, 3.05) is 13.7 Å². The highest BCUT2D eigenvalue weighted by Gasteiger charge is 2.30. The molecule has 138 valence electrons. The Labute approximate surface area is 151 Å². The van der Waals surface area contributed by atoms with Crippen molar-refractivity contribution in [2.24, 2.45) is 5.92 Å². The molecule has 3 rings (SSSR count). The van der Waals surface area contributed by atoms with Crippen molar-refractivity contribution in [3.63, 3.8) is 0 Å². The molecule has 1 aromatic heterocycles. The van der Waals surface area contributed by atoms with E-state index < -0.39 is 4.92 Å². The van der Waals surface area contributed by atoms with Gasteiger partial charge in [0, 0.05) is 30.3 Å². The van der Waals surface area contributed by atoms with Crippen LogP contribution in [0.15, 0.2) is 40.8 Å². The molecular formula is C19H22N2O5. The normalized spacial score (nSPS) is 20.7. The average Bonchev–Trinajstić information content (AvgIpc) is 3.11. The lowest BCUT2D eigenvalue weighted by Gasteiger charge is -2.36. The van der Waals surface area contributed by atoms with Crippen molar-refractivity contribution >= 4 is 11.7 Å². The van der Waals surface area contributed by atoms with Crippen LogP contribution in [0.25, 0.3) is 11.3 Å². The van der Waals surface area contributed by atoms with E-state index in [0.29, 0.717) is 24.9 Å². The fourth-order valence-corrected chi connectivity index (χ4v) is 3.32. The summed E-state index contributed by atoms with van der Waals surface area (Å²) in [6, 6.07) is 10.4. The van der Waals surface area contributed by atoms with E-state index in [-0.39, 0.29) is 17.6 Å². The fourth-order valence-electron chi connectivity index (χ4n) is 3.32. The third-order valence-electron chi connectivity index (χ3n) is 4.93. The molecule has 1 aliphatic heterocycles. The molecule has 0 aliphatic carbocycles. The largest absolute Gasteiger partial charge is 0.469 e. The van der Waals surface area contributed by atoms with Crippen LogP contribution < -0.4 is 0 Å². The first-order valence-corrected chi connectivity index (χ1v) is 8.63. The minimum Gasteiger partial charge on any atom is -0.469 e. The van der Waals surface area contributed by atoms with Crippen LogP contribution in [0.2, 0.25) is 0 Å². The summed E-state index contributed by atoms with van der Waals surface area (Å²) in [6.07, 6.45) is 1.78. The molecule has 1 aliphatic rings. The summed E-state index contributed by atoms with van der Waals surface area (Å²) in [4.78, 5) is 24.4. The van der Waals surface area contributed by atoms with Crippen LogP contribution >= 0.6 is 0 Å². The summed E-state index contributed by atoms with van der Waals surface area (Å²) in [6.45, 7) is 3.41. The predicted octanol–water partition coefficient (Wildman–Crippen LogP) is 3.63. The maximum atomic E-state index is 11.8. The van der Waals surface area contributed by atoms with Gasteiger partial charge in [-0.05, 0) is 44.0 Å². The SMILES string of the molecule is COC(=O)[C@@H]1CC[C@H](C)N(Cc2ccc(-c3ccc([N+](=O)[O-])cc3)o2)C1. The maximum Gasteiger partial charge on any atom is 0.309 e. The maximum absolute atomic E-state index is 11.8. The number of furan rings is 1. The van der Waals surface area contributed by atoms with Crippen LogP contribution in [0, 0.1) is 16.0 Å². The molecule has 0 amide bonds. The highest BCUT2D eigenvalue weighted by atomic mass is 16.6. The van der Waals surface area contributed by atoms with E-state index in [1.807, 2.05) is 12.1 Å². The Hall–Kier alpha value is -2.67. The Morgan fingerprint density at radius 3 is 2.65 bits per heavy atom. The molecule has 1 saturated heterocycles. The summed E-state index contributed by atoms with van der Waals surface area (Å²) in [5.41, 5.74) is 0.845. The molecule has 2 atom stereocenters. The Bertz CT molecular complexity index is 783. The van der Waals surface area contributed by atoms with E-state index in [0.717, 1.165) is 24.2 Å². The van der Waals surface area contributed by atoms with Gasteiger partial charge < -0.3 is 9.15 Å². The third-order valence-corrected chi connectivity index (χ3v) is 4.93. The number of ether oxygens (including phenoxy) is 1. The lowest BCUT2D eigenvalue weighted by molar-refractivity contribution is -0.384. The summed E-state index contributed by atoms with van der Waals surface area (Å²) in [5, 5.41) is 10.7. The van der Waals surface area contributed by atoms with Crippen molar-refractivity contribution in [1.82, 2.24) is 4.90 Å². The van der Waals surface area contributed by atoms with Gasteiger partial charge in [-0.25, -0.2) is 0 Å². The van der Waals surface area contributed by atoms with Gasteiger partial charge in [0.1, 0.15) is 11.5 Å². The molecular weight excluding hydrogens is 336 g/mol. The van der Waals surface area contributed by atoms with Crippen molar-refractivity contribution in [2.45, 2.75) is 32.4 Å². The van der Waals surface area contributed by atoms with E-state index in [9.17, 15) is 14.9 Å². The lowest BCUT2D eigenvalue weighted by Crippen LogP contribution is -2.43. The molecule has 2 aromatic rings. The number of benzene rings is 1. The zero-order valence-electron chi connectivity index (χ0n) is 14.9. The summed E-state index contributed by atoms with van der Waals surface area (Å²) >= 11 is 0. The molecule has 26 heavy (non-hydrogen) atoms. The first-order valence-electron chi connectivity index (χ1n) is 8.63. The van der Waals surface area contributed by atoms with Crippen LogP contribution in [-0.2, 0) is 16.1 Å². The number of carbonyl (C=O) groups excluding carboxylic acids is 1. The first kappa shape index (κ1) is 18.1. The quantitative estimate of drug-likeness (QED) is 0.461. The number of methoxy groups -OCH3 is 1. The molecule has 7 nitrogen and oxygen atoms in total. The molecule has 2 heterocycles. The van der Waals surface area contributed by atoms with E-state index >= 15 is 0 Å². The minimum atomic E-state index is -0.424. The van der Waals surface area contributed by atoms with E-state index in [1.54, 1.807) is 12.1 Å². The van der Waals surface area contributed by atoms with Crippen molar-refractivity contribution < 1.29 is 18.9 Å². The zero-order chi connectivity index (χ0) is 18.7. The number of nitro groups is 1. The molecule has 1 aromatic carbocycles. The van der Waals surface area contributed by atoms with Crippen molar-refractivity contribution in [3.8, 4) is 11.3 Å². The number of nitrogens with zero attached hydrogens (tertiary/aromatic N) is 2. The first-order chi connectivity index (χ1) is 12.5. The number of nitro benzene ring substituents is 1. The number of piperidine rings is 1. The number of non-ortho nitro benzene ring substituents is 1. The predicted molar refractivity (Wildman–Crippen MR) is 95.4 cm³/mol. The van der Waals surface area contributed by atoms with Crippen LogP contribution in [0.3, 0.4) is 0 Å². The molecule has 0 radical (unpaired) electrons. The van der Waals surface area contributed by atoms with Gasteiger partial charge >= 0.3 is 5.97 Å². The van der Waals surface area contributed by atoms with Gasteiger partial charge in [0.25, 0.3) is 5.69 Å². The third kappa shape index (κ3) is 3.94. The average molecular weight is 358 g/mol. The molecule has 0 N–H and O–H groups in total. The molecule has 7 heteroatoms. The Morgan fingerprint density at radius 1 is 1.27 bits per heavy atom. The highest BCUT2D eigenvalue weighted by Crippen LogP contribution is 2.28. The van der Waals surface area contributed by atoms with Crippen LogP contribution in [0.5, 0.6) is 0 Å². The van der Waals surface area contributed by atoms with Gasteiger partial charge in [0.2, 0.25) is 0 Å². The number of hydrogen-bond acceptors (Lipinski definition) is 6. The van der Waals surface area contributed by atoms with Gasteiger partial charge in [-0.15, -0.1) is 0 Å². The Morgan fingerprint density at radius 2 is 2.00 bits per heavy atom. The smallest absolute Gasteiger partial charge is 0.309 e. The molecule has 0 unspecified atom stereocenters. The van der Waals surface area contributed by atoms with E-state index in [1.165, 1.54) is 19.2 Å². The number of rotatable bonds is 5. The van der Waals surface area contributed by atoms with Gasteiger partial charge in [-0.3, -0.25) is 19.8 Å². The Balaban J connectivity index is 1.69. The second-order valence-corrected chi connectivity index (χ2v) is 6.65. The molecule has 0 bridgehead atoms. The number of hydrogen-bond donors (Lipinski definition) is 0. The second kappa shape index (κ2) is 7.70. The number of esters is 1. The van der Waals surface area contributed by atoms with Crippen LogP contribution in [0.4, 0.5) is 5.69 Å². The molecule has 1 fully saturated rings. The van der Waals surface area contributed by atoms with Crippen molar-refractivity contribution in [3.05, 3.63) is 52.3 Å². The van der Waals surface area contributed by atoms with Gasteiger partial charge in [-0.1, -0.05) is 0 Å². The summed E-state index contributed by atoms with van der Waals surface area (Å²) in [7, 11) is 1.42. The monoisotopic (exact) mass is 358 g/mol. The second-order valence-electron chi connectivity index (χ2n) is 6.65. The lowest BCUT2D eigenvalue weighted by atomic mass is 9.93. The summed E-state index contributed by atoms with van der Waals surface area (Å²) < 4.78 is 10.8. The number of carbonyl (C=O) groups is 1. The standard InChI is InChI=1S/C19H22N2O5/c1-13-3-4-15(19(22)25-2)11-20(13)12-17-9-10-18(26-17)14-5-7-16(8-6-14)21(23)24/h5-10,13,15H,3-4,11-12H2,1-2H3/t13-,15+/m0/s1. The Kier molecular flexibility index (Phi) is 5.37. The fraction of sp³-hybridized carbons (Fsp3) is 0.421. The van der Waals surface area contributed by atoms with Gasteiger partial charge in [0.05, 0.1) is 24.5 Å². The summed E-state index contributed by atoms with van der Waals surface area (Å²) in [5.74, 6) is 1.22. The van der Waals surface area contributed by atoms with E-state index in [4.69, 9.17) is 9.15 Å². The number of likely N-dealkylation sites (tertiary alicyclic amines) is 1. The zero-order valence-corrected chi connectivity index (χ0v) is 14.9. The van der Waals surface area contributed by atoms with Gasteiger partial charge in [0.15, 0.2) is 0 Å². The topological polar surface area (TPSA) is 85.8 Å². The minimum absolute atomic E-state index is 0.0523. The van der Waals surface area contributed by atoms with Crippen LogP contribution in [-0.4, -0.2) is 35.5 Å². The van der Waals surface area contributed by atoms with Crippen molar-refractivity contribution in [1.29, 1.82) is 0 Å². The van der Waals surface area contributed by atoms with Gasteiger partial charge in [-0.2, -0.15) is 0 Å².